The molecule has 0 radical (unpaired) electrons. The average Bonchev–Trinajstić information content (AvgIpc) is 3.08. The number of nitrogens with zero attached hydrogens (tertiary/aromatic N) is 1. The second kappa shape index (κ2) is 8.03. The van der Waals surface area contributed by atoms with Crippen LogP contribution < -0.4 is 9.64 Å². The number of hydrogen-bond acceptors (Lipinski definition) is 5. The first kappa shape index (κ1) is 18.6. The number of carbonyl (C=O) groups is 3. The van der Waals surface area contributed by atoms with Crippen LogP contribution >= 0.6 is 0 Å². The number of hydrogen-bond donors (Lipinski definition) is 0. The zero-order chi connectivity index (χ0) is 19.4. The van der Waals surface area contributed by atoms with E-state index < -0.39 is 11.9 Å². The van der Waals surface area contributed by atoms with Crippen molar-refractivity contribution in [2.24, 2.45) is 5.92 Å². The van der Waals surface area contributed by atoms with Crippen molar-refractivity contribution < 1.29 is 23.9 Å². The zero-order valence-electron chi connectivity index (χ0n) is 15.3. The molecule has 140 valence electrons. The number of aryl methyl sites for hydroxylation is 1. The van der Waals surface area contributed by atoms with Gasteiger partial charge in [0.05, 0.1) is 13.0 Å². The summed E-state index contributed by atoms with van der Waals surface area (Å²) in [6.45, 7) is 1.87. The number of esters is 1. The average molecular weight is 367 g/mol. The van der Waals surface area contributed by atoms with Gasteiger partial charge in [-0.2, -0.15) is 0 Å². The fourth-order valence-corrected chi connectivity index (χ4v) is 2.97. The third-order valence-corrected chi connectivity index (χ3v) is 4.54. The van der Waals surface area contributed by atoms with E-state index in [-0.39, 0.29) is 31.3 Å². The lowest BCUT2D eigenvalue weighted by molar-refractivity contribution is -0.147. The lowest BCUT2D eigenvalue weighted by Crippen LogP contribution is -2.27. The Kier molecular flexibility index (Phi) is 5.54. The number of anilines is 1. The van der Waals surface area contributed by atoms with Crippen LogP contribution in [0.1, 0.15) is 22.3 Å². The number of carbonyl (C=O) groups excluding carboxylic acids is 3. The van der Waals surface area contributed by atoms with E-state index >= 15 is 0 Å². The smallest absolute Gasteiger partial charge is 0.311 e. The largest absolute Gasteiger partial charge is 0.497 e. The first-order valence-corrected chi connectivity index (χ1v) is 8.69. The van der Waals surface area contributed by atoms with Crippen molar-refractivity contribution in [3.63, 3.8) is 0 Å². The minimum Gasteiger partial charge on any atom is -0.497 e. The molecule has 6 heteroatoms. The van der Waals surface area contributed by atoms with E-state index in [0.717, 1.165) is 11.3 Å². The number of benzene rings is 2. The SMILES string of the molecule is COc1cccc(C(=O)COC(=O)[C@@H]2CC(=O)N(c3ccc(C)cc3)C2)c1. The van der Waals surface area contributed by atoms with Gasteiger partial charge in [-0.15, -0.1) is 0 Å². The molecule has 1 heterocycles. The molecule has 0 saturated carbocycles. The summed E-state index contributed by atoms with van der Waals surface area (Å²) in [6, 6.07) is 14.2. The molecule has 1 aliphatic heterocycles. The fourth-order valence-electron chi connectivity index (χ4n) is 2.97. The summed E-state index contributed by atoms with van der Waals surface area (Å²) in [6.07, 6.45) is 0.0834. The van der Waals surface area contributed by atoms with Gasteiger partial charge in [0.1, 0.15) is 5.75 Å². The van der Waals surface area contributed by atoms with Crippen molar-refractivity contribution in [2.45, 2.75) is 13.3 Å². The number of amides is 1. The van der Waals surface area contributed by atoms with Gasteiger partial charge in [0.25, 0.3) is 0 Å². The zero-order valence-corrected chi connectivity index (χ0v) is 15.3. The Labute approximate surface area is 157 Å². The summed E-state index contributed by atoms with van der Waals surface area (Å²) in [5, 5.41) is 0. The molecule has 3 rings (SSSR count). The van der Waals surface area contributed by atoms with E-state index in [4.69, 9.17) is 9.47 Å². The highest BCUT2D eigenvalue weighted by Crippen LogP contribution is 2.26. The van der Waals surface area contributed by atoms with Crippen molar-refractivity contribution in [3.8, 4) is 5.75 Å². The summed E-state index contributed by atoms with van der Waals surface area (Å²) < 4.78 is 10.2. The molecule has 6 nitrogen and oxygen atoms in total. The molecule has 1 amide bonds. The summed E-state index contributed by atoms with van der Waals surface area (Å²) in [5.74, 6) is -0.990. The van der Waals surface area contributed by atoms with Crippen LogP contribution in [0, 0.1) is 12.8 Å². The highest BCUT2D eigenvalue weighted by atomic mass is 16.5. The Morgan fingerprint density at radius 2 is 1.89 bits per heavy atom. The van der Waals surface area contributed by atoms with E-state index in [1.807, 2.05) is 31.2 Å². The van der Waals surface area contributed by atoms with Gasteiger partial charge in [-0.05, 0) is 31.2 Å². The molecule has 27 heavy (non-hydrogen) atoms. The van der Waals surface area contributed by atoms with Gasteiger partial charge in [-0.3, -0.25) is 14.4 Å². The summed E-state index contributed by atoms with van der Waals surface area (Å²) in [4.78, 5) is 38.3. The molecule has 0 aliphatic carbocycles. The second-order valence-electron chi connectivity index (χ2n) is 6.50. The van der Waals surface area contributed by atoms with E-state index in [1.165, 1.54) is 7.11 Å². The van der Waals surface area contributed by atoms with Crippen molar-refractivity contribution in [2.75, 3.05) is 25.2 Å². The summed E-state index contributed by atoms with van der Waals surface area (Å²) in [5.41, 5.74) is 2.26. The third kappa shape index (κ3) is 4.34. The number of Topliss-reactive ketones (excluding diaryl/α,β-unsaturated/α-hetero) is 1. The van der Waals surface area contributed by atoms with Crippen molar-refractivity contribution in [1.82, 2.24) is 0 Å². The van der Waals surface area contributed by atoms with Gasteiger partial charge in [-0.25, -0.2) is 0 Å². The maximum Gasteiger partial charge on any atom is 0.311 e. The molecule has 0 spiro atoms. The van der Waals surface area contributed by atoms with Gasteiger partial charge >= 0.3 is 5.97 Å². The lowest BCUT2D eigenvalue weighted by Gasteiger charge is -2.16. The highest BCUT2D eigenvalue weighted by molar-refractivity contribution is 6.01. The number of ketones is 1. The highest BCUT2D eigenvalue weighted by Gasteiger charge is 2.36. The monoisotopic (exact) mass is 367 g/mol. The maximum atomic E-state index is 12.3. The Morgan fingerprint density at radius 3 is 2.59 bits per heavy atom. The van der Waals surface area contributed by atoms with E-state index in [1.54, 1.807) is 29.2 Å². The van der Waals surface area contributed by atoms with Gasteiger partial charge in [-0.1, -0.05) is 29.8 Å². The molecule has 0 bridgehead atoms. The molecule has 1 fully saturated rings. The first-order chi connectivity index (χ1) is 13.0. The predicted octanol–water partition coefficient (Wildman–Crippen LogP) is 2.78. The van der Waals surface area contributed by atoms with E-state index in [0.29, 0.717) is 11.3 Å². The van der Waals surface area contributed by atoms with Gasteiger partial charge in [0.15, 0.2) is 12.4 Å². The van der Waals surface area contributed by atoms with Crippen LogP contribution in [0.3, 0.4) is 0 Å². The van der Waals surface area contributed by atoms with Crippen molar-refractivity contribution >= 4 is 23.3 Å². The molecule has 0 aromatic heterocycles. The quantitative estimate of drug-likeness (QED) is 0.580. The predicted molar refractivity (Wildman–Crippen MR) is 99.9 cm³/mol. The van der Waals surface area contributed by atoms with Gasteiger partial charge in [0.2, 0.25) is 5.91 Å². The Balaban J connectivity index is 1.57. The normalized spacial score (nSPS) is 16.3. The van der Waals surface area contributed by atoms with Gasteiger partial charge < -0.3 is 14.4 Å². The van der Waals surface area contributed by atoms with Crippen LogP contribution in [0.25, 0.3) is 0 Å². The minimum absolute atomic E-state index is 0.0834. The number of rotatable bonds is 6. The molecule has 0 unspecified atom stereocenters. The Hall–Kier alpha value is -3.15. The number of ether oxygens (including phenoxy) is 2. The lowest BCUT2D eigenvalue weighted by atomic mass is 10.1. The molecule has 2 aromatic rings. The summed E-state index contributed by atoms with van der Waals surface area (Å²) >= 11 is 0. The standard InChI is InChI=1S/C21H21NO5/c1-14-6-8-17(9-7-14)22-12-16(11-20(22)24)21(25)27-13-19(23)15-4-3-5-18(10-15)26-2/h3-10,16H,11-13H2,1-2H3/t16-/m1/s1. The van der Waals surface area contributed by atoms with E-state index in [9.17, 15) is 14.4 Å². The molecule has 2 aromatic carbocycles. The third-order valence-electron chi connectivity index (χ3n) is 4.54. The Bertz CT molecular complexity index is 859. The van der Waals surface area contributed by atoms with Crippen LogP contribution in [0.5, 0.6) is 5.75 Å². The van der Waals surface area contributed by atoms with E-state index in [2.05, 4.69) is 0 Å². The summed E-state index contributed by atoms with van der Waals surface area (Å²) in [7, 11) is 1.51. The maximum absolute atomic E-state index is 12.3. The topological polar surface area (TPSA) is 72.9 Å². The van der Waals surface area contributed by atoms with Gasteiger partial charge in [0, 0.05) is 24.2 Å². The molecule has 0 N–H and O–H groups in total. The minimum atomic E-state index is -0.572. The fraction of sp³-hybridized carbons (Fsp3) is 0.286. The second-order valence-corrected chi connectivity index (χ2v) is 6.50. The van der Waals surface area contributed by atoms with Crippen LogP contribution in [0.4, 0.5) is 5.69 Å². The van der Waals surface area contributed by atoms with Crippen molar-refractivity contribution in [3.05, 3.63) is 59.7 Å². The molecule has 1 saturated heterocycles. The number of methoxy groups -OCH3 is 1. The first-order valence-electron chi connectivity index (χ1n) is 8.69. The van der Waals surface area contributed by atoms with Crippen LogP contribution in [-0.2, 0) is 14.3 Å². The molecule has 1 atom stereocenters. The molecule has 1 aliphatic rings. The van der Waals surface area contributed by atoms with Crippen LogP contribution in [0.2, 0.25) is 0 Å². The van der Waals surface area contributed by atoms with Crippen molar-refractivity contribution in [1.29, 1.82) is 0 Å². The van der Waals surface area contributed by atoms with Crippen LogP contribution in [0.15, 0.2) is 48.5 Å². The van der Waals surface area contributed by atoms with Crippen LogP contribution in [-0.4, -0.2) is 37.9 Å². The molecular formula is C21H21NO5. The Morgan fingerprint density at radius 1 is 1.15 bits per heavy atom. The molecular weight excluding hydrogens is 346 g/mol.